The predicted octanol–water partition coefficient (Wildman–Crippen LogP) is 3.21. The van der Waals surface area contributed by atoms with Gasteiger partial charge in [0.15, 0.2) is 5.82 Å². The van der Waals surface area contributed by atoms with Crippen molar-refractivity contribution in [1.29, 1.82) is 0 Å². The van der Waals surface area contributed by atoms with Crippen LogP contribution in [0.2, 0.25) is 5.15 Å². The highest BCUT2D eigenvalue weighted by Gasteiger charge is 2.31. The number of hydrogen-bond donors (Lipinski definition) is 1. The molecule has 31 heavy (non-hydrogen) atoms. The van der Waals surface area contributed by atoms with Crippen LogP contribution >= 0.6 is 11.6 Å². The minimum absolute atomic E-state index is 0.0451. The van der Waals surface area contributed by atoms with Crippen LogP contribution in [0.5, 0.6) is 5.75 Å². The SMILES string of the molecule is COc1ccc(CN2CCN(c3ccn(-c4cc(C)nc(Cl)c4CCO)n3)C2=O)cc1. The molecule has 4 rings (SSSR count). The lowest BCUT2D eigenvalue weighted by Crippen LogP contribution is -2.31. The molecule has 9 heteroatoms. The van der Waals surface area contributed by atoms with Crippen LogP contribution in [0.15, 0.2) is 42.6 Å². The average molecular weight is 442 g/mol. The first kappa shape index (κ1) is 21.1. The van der Waals surface area contributed by atoms with E-state index in [0.29, 0.717) is 37.0 Å². The lowest BCUT2D eigenvalue weighted by Gasteiger charge is -2.17. The number of ether oxygens (including phenoxy) is 1. The monoisotopic (exact) mass is 441 g/mol. The Labute approximate surface area is 185 Å². The van der Waals surface area contributed by atoms with Crippen LogP contribution in [0.4, 0.5) is 10.6 Å². The van der Waals surface area contributed by atoms with Crippen molar-refractivity contribution in [2.24, 2.45) is 0 Å². The first-order valence-corrected chi connectivity index (χ1v) is 10.4. The number of nitrogens with zero attached hydrogens (tertiary/aromatic N) is 5. The van der Waals surface area contributed by atoms with E-state index in [1.807, 2.05) is 37.3 Å². The minimum atomic E-state index is -0.0828. The van der Waals surface area contributed by atoms with Gasteiger partial charge in [-0.25, -0.2) is 14.5 Å². The normalized spacial score (nSPS) is 13.9. The summed E-state index contributed by atoms with van der Waals surface area (Å²) < 4.78 is 6.87. The van der Waals surface area contributed by atoms with E-state index in [-0.39, 0.29) is 12.6 Å². The van der Waals surface area contributed by atoms with Gasteiger partial charge in [-0.1, -0.05) is 23.7 Å². The molecule has 1 fully saturated rings. The molecule has 1 aromatic carbocycles. The summed E-state index contributed by atoms with van der Waals surface area (Å²) in [6.45, 7) is 3.51. The highest BCUT2D eigenvalue weighted by atomic mass is 35.5. The quantitative estimate of drug-likeness (QED) is 0.569. The fourth-order valence-electron chi connectivity index (χ4n) is 3.68. The number of urea groups is 1. The third-order valence-electron chi connectivity index (χ3n) is 5.27. The van der Waals surface area contributed by atoms with Crippen molar-refractivity contribution >= 4 is 23.4 Å². The molecule has 0 spiro atoms. The largest absolute Gasteiger partial charge is 0.497 e. The molecule has 1 aliphatic rings. The maximum atomic E-state index is 13.0. The molecule has 1 N–H and O–H groups in total. The van der Waals surface area contributed by atoms with Crippen molar-refractivity contribution in [3.8, 4) is 11.4 Å². The van der Waals surface area contributed by atoms with E-state index < -0.39 is 0 Å². The lowest BCUT2D eigenvalue weighted by molar-refractivity contribution is 0.218. The number of benzene rings is 1. The standard InChI is InChI=1S/C22H24ClN5O3/c1-15-13-19(18(8-12-29)21(23)24-15)28-9-7-20(25-28)27-11-10-26(22(27)30)14-16-3-5-17(31-2)6-4-16/h3-7,9,13,29H,8,10-12,14H2,1-2H3. The van der Waals surface area contributed by atoms with Gasteiger partial charge in [0, 0.05) is 56.2 Å². The van der Waals surface area contributed by atoms with Crippen LogP contribution in [-0.4, -0.2) is 57.6 Å². The van der Waals surface area contributed by atoms with Crippen LogP contribution in [0, 0.1) is 6.92 Å². The van der Waals surface area contributed by atoms with E-state index in [4.69, 9.17) is 16.3 Å². The smallest absolute Gasteiger partial charge is 0.326 e. The zero-order valence-corrected chi connectivity index (χ0v) is 18.2. The molecule has 0 saturated carbocycles. The number of carbonyl (C=O) groups excluding carboxylic acids is 1. The maximum Gasteiger partial charge on any atom is 0.326 e. The number of aromatic nitrogens is 3. The summed E-state index contributed by atoms with van der Waals surface area (Å²) in [6.07, 6.45) is 2.16. The summed E-state index contributed by atoms with van der Waals surface area (Å²) in [5.41, 5.74) is 3.26. The van der Waals surface area contributed by atoms with Gasteiger partial charge in [0.2, 0.25) is 0 Å². The van der Waals surface area contributed by atoms with Gasteiger partial charge in [-0.2, -0.15) is 0 Å². The number of aliphatic hydroxyl groups is 1. The fraction of sp³-hybridized carbons (Fsp3) is 0.318. The zero-order valence-electron chi connectivity index (χ0n) is 17.5. The van der Waals surface area contributed by atoms with Crippen molar-refractivity contribution < 1.29 is 14.6 Å². The summed E-state index contributed by atoms with van der Waals surface area (Å²) in [7, 11) is 1.63. The van der Waals surface area contributed by atoms with Gasteiger partial charge >= 0.3 is 6.03 Å². The van der Waals surface area contributed by atoms with Crippen LogP contribution in [-0.2, 0) is 13.0 Å². The summed E-state index contributed by atoms with van der Waals surface area (Å²) in [6, 6.07) is 11.3. The number of halogens is 1. The summed E-state index contributed by atoms with van der Waals surface area (Å²) >= 11 is 6.29. The van der Waals surface area contributed by atoms with E-state index in [2.05, 4.69) is 10.1 Å². The van der Waals surface area contributed by atoms with E-state index in [9.17, 15) is 9.90 Å². The second-order valence-corrected chi connectivity index (χ2v) is 7.71. The van der Waals surface area contributed by atoms with Crippen molar-refractivity contribution in [2.45, 2.75) is 19.9 Å². The molecule has 0 unspecified atom stereocenters. The number of aliphatic hydroxyl groups excluding tert-OH is 1. The molecule has 162 valence electrons. The number of pyridine rings is 1. The van der Waals surface area contributed by atoms with Gasteiger partial charge in [-0.15, -0.1) is 5.10 Å². The van der Waals surface area contributed by atoms with Crippen molar-refractivity contribution in [1.82, 2.24) is 19.7 Å². The molecule has 3 aromatic rings. The molecule has 0 aliphatic carbocycles. The highest BCUT2D eigenvalue weighted by molar-refractivity contribution is 6.30. The lowest BCUT2D eigenvalue weighted by atomic mass is 10.1. The van der Waals surface area contributed by atoms with Gasteiger partial charge in [-0.05, 0) is 30.7 Å². The van der Waals surface area contributed by atoms with Gasteiger partial charge in [0.25, 0.3) is 0 Å². The molecule has 2 amide bonds. The van der Waals surface area contributed by atoms with Crippen LogP contribution in [0.25, 0.3) is 5.69 Å². The Hall–Kier alpha value is -3.10. The predicted molar refractivity (Wildman–Crippen MR) is 118 cm³/mol. The molecule has 0 bridgehead atoms. The van der Waals surface area contributed by atoms with Gasteiger partial charge in [-0.3, -0.25) is 4.90 Å². The molecule has 1 saturated heterocycles. The summed E-state index contributed by atoms with van der Waals surface area (Å²) in [4.78, 5) is 20.7. The summed E-state index contributed by atoms with van der Waals surface area (Å²) in [5.74, 6) is 1.36. The van der Waals surface area contributed by atoms with Crippen LogP contribution in [0.3, 0.4) is 0 Å². The third-order valence-corrected chi connectivity index (χ3v) is 5.58. The molecule has 8 nitrogen and oxygen atoms in total. The van der Waals surface area contributed by atoms with Crippen molar-refractivity contribution in [3.05, 3.63) is 64.6 Å². The molecule has 2 aromatic heterocycles. The van der Waals surface area contributed by atoms with Gasteiger partial charge < -0.3 is 14.7 Å². The number of hydrogen-bond acceptors (Lipinski definition) is 5. The van der Waals surface area contributed by atoms with Crippen LogP contribution < -0.4 is 9.64 Å². The number of methoxy groups -OCH3 is 1. The Balaban J connectivity index is 1.53. The third kappa shape index (κ3) is 4.35. The Kier molecular flexibility index (Phi) is 6.11. The van der Waals surface area contributed by atoms with E-state index in [1.165, 1.54) is 0 Å². The average Bonchev–Trinajstić information content (AvgIpc) is 3.38. The molecular weight excluding hydrogens is 418 g/mol. The number of rotatable bonds is 7. The highest BCUT2D eigenvalue weighted by Crippen LogP contribution is 2.26. The molecule has 1 aliphatic heterocycles. The maximum absolute atomic E-state index is 13.0. The molecular formula is C22H24ClN5O3. The Bertz CT molecular complexity index is 1080. The van der Waals surface area contributed by atoms with E-state index in [0.717, 1.165) is 28.3 Å². The Morgan fingerprint density at radius 3 is 2.68 bits per heavy atom. The summed E-state index contributed by atoms with van der Waals surface area (Å²) in [5, 5.41) is 14.4. The second kappa shape index (κ2) is 8.95. The second-order valence-electron chi connectivity index (χ2n) is 7.35. The number of anilines is 1. The first-order valence-electron chi connectivity index (χ1n) is 10.0. The fourth-order valence-corrected chi connectivity index (χ4v) is 4.00. The first-order chi connectivity index (χ1) is 15.0. The van der Waals surface area contributed by atoms with E-state index >= 15 is 0 Å². The van der Waals surface area contributed by atoms with E-state index in [1.54, 1.807) is 33.9 Å². The number of aryl methyl sites for hydroxylation is 1. The van der Waals surface area contributed by atoms with Crippen molar-refractivity contribution in [3.63, 3.8) is 0 Å². The molecule has 0 atom stereocenters. The molecule has 3 heterocycles. The van der Waals surface area contributed by atoms with Crippen molar-refractivity contribution in [2.75, 3.05) is 31.7 Å². The topological polar surface area (TPSA) is 83.7 Å². The van der Waals surface area contributed by atoms with Gasteiger partial charge in [0.05, 0.1) is 12.8 Å². The zero-order chi connectivity index (χ0) is 22.0. The number of carbonyl (C=O) groups is 1. The Morgan fingerprint density at radius 1 is 1.19 bits per heavy atom. The van der Waals surface area contributed by atoms with Gasteiger partial charge in [0.1, 0.15) is 10.9 Å². The Morgan fingerprint density at radius 2 is 1.97 bits per heavy atom. The minimum Gasteiger partial charge on any atom is -0.497 e. The molecule has 0 radical (unpaired) electrons. The number of amides is 2. The van der Waals surface area contributed by atoms with Crippen LogP contribution in [0.1, 0.15) is 16.8 Å².